The highest BCUT2D eigenvalue weighted by Crippen LogP contribution is 2.10. The molecule has 0 aliphatic heterocycles. The molecule has 0 aromatic heterocycles. The highest BCUT2D eigenvalue weighted by atomic mass is 19.1. The van der Waals surface area contributed by atoms with Crippen molar-refractivity contribution in [2.75, 3.05) is 6.61 Å². The summed E-state index contributed by atoms with van der Waals surface area (Å²) < 4.78 is 17.5. The van der Waals surface area contributed by atoms with Gasteiger partial charge in [-0.15, -0.1) is 0 Å². The minimum Gasteiger partial charge on any atom is -0.450 e. The fraction of sp³-hybridized carbons (Fsp3) is 0.273. The van der Waals surface area contributed by atoms with E-state index in [0.717, 1.165) is 0 Å². The normalized spacial score (nSPS) is 9.31. The van der Waals surface area contributed by atoms with Crippen molar-refractivity contribution in [1.29, 1.82) is 5.26 Å². The van der Waals surface area contributed by atoms with Gasteiger partial charge in [-0.3, -0.25) is 0 Å². The fourth-order valence-electron chi connectivity index (χ4n) is 1.17. The predicted molar refractivity (Wildman–Crippen MR) is 55.0 cm³/mol. The van der Waals surface area contributed by atoms with Crippen LogP contribution in [0.3, 0.4) is 0 Å². The quantitative estimate of drug-likeness (QED) is 0.850. The van der Waals surface area contributed by atoms with Crippen molar-refractivity contribution in [3.63, 3.8) is 0 Å². The molecule has 1 rings (SSSR count). The minimum absolute atomic E-state index is 0.0689. The summed E-state index contributed by atoms with van der Waals surface area (Å²) in [6, 6.07) is 5.71. The smallest absolute Gasteiger partial charge is 0.407 e. The maximum absolute atomic E-state index is 12.9. The molecule has 0 aliphatic carbocycles. The molecule has 0 bridgehead atoms. The molecular formula is C11H11FN2O2. The zero-order valence-electron chi connectivity index (χ0n) is 8.79. The van der Waals surface area contributed by atoms with Crippen LogP contribution in [0.1, 0.15) is 18.1 Å². The first-order valence-electron chi connectivity index (χ1n) is 4.76. The average Bonchev–Trinajstić information content (AvgIpc) is 2.27. The lowest BCUT2D eigenvalue weighted by atomic mass is 10.1. The Bertz CT molecular complexity index is 426. The van der Waals surface area contributed by atoms with E-state index < -0.39 is 11.9 Å². The molecule has 16 heavy (non-hydrogen) atoms. The van der Waals surface area contributed by atoms with Crippen LogP contribution in [0.2, 0.25) is 0 Å². The number of nitrogens with one attached hydrogen (secondary N) is 1. The molecule has 1 aromatic carbocycles. The summed E-state index contributed by atoms with van der Waals surface area (Å²) in [5.41, 5.74) is 0.758. The summed E-state index contributed by atoms with van der Waals surface area (Å²) in [7, 11) is 0. The van der Waals surface area contributed by atoms with E-state index in [1.165, 1.54) is 18.2 Å². The summed E-state index contributed by atoms with van der Waals surface area (Å²) in [6.45, 7) is 2.02. The Morgan fingerprint density at radius 2 is 2.38 bits per heavy atom. The van der Waals surface area contributed by atoms with Gasteiger partial charge in [-0.25, -0.2) is 9.18 Å². The molecule has 0 unspecified atom stereocenters. The van der Waals surface area contributed by atoms with Crippen molar-refractivity contribution in [3.8, 4) is 6.07 Å². The summed E-state index contributed by atoms with van der Waals surface area (Å²) in [5.74, 6) is -0.445. The van der Waals surface area contributed by atoms with Gasteiger partial charge in [0.2, 0.25) is 0 Å². The average molecular weight is 222 g/mol. The van der Waals surface area contributed by atoms with Gasteiger partial charge < -0.3 is 10.1 Å². The molecule has 0 saturated carbocycles. The molecule has 0 spiro atoms. The zero-order chi connectivity index (χ0) is 12.0. The van der Waals surface area contributed by atoms with Gasteiger partial charge >= 0.3 is 6.09 Å². The largest absolute Gasteiger partial charge is 0.450 e. The lowest BCUT2D eigenvalue weighted by molar-refractivity contribution is 0.151. The summed E-state index contributed by atoms with van der Waals surface area (Å²) in [5, 5.41) is 11.2. The Kier molecular flexibility index (Phi) is 4.28. The molecule has 1 aromatic rings. The van der Waals surface area contributed by atoms with E-state index in [-0.39, 0.29) is 13.2 Å². The van der Waals surface area contributed by atoms with E-state index >= 15 is 0 Å². The number of ether oxygens (including phenoxy) is 1. The Morgan fingerprint density at radius 1 is 1.62 bits per heavy atom. The van der Waals surface area contributed by atoms with Crippen molar-refractivity contribution < 1.29 is 13.9 Å². The lowest BCUT2D eigenvalue weighted by Gasteiger charge is -2.06. The number of hydrogen-bond acceptors (Lipinski definition) is 3. The van der Waals surface area contributed by atoms with Crippen LogP contribution < -0.4 is 5.32 Å². The van der Waals surface area contributed by atoms with Crippen molar-refractivity contribution in [1.82, 2.24) is 5.32 Å². The molecule has 1 amide bonds. The SMILES string of the molecule is CCOC(=O)NCc1cc(F)ccc1C#N. The number of carbonyl (C=O) groups is 1. The molecule has 0 saturated heterocycles. The molecule has 5 heteroatoms. The monoisotopic (exact) mass is 222 g/mol. The van der Waals surface area contributed by atoms with Crippen molar-refractivity contribution in [2.24, 2.45) is 0 Å². The van der Waals surface area contributed by atoms with Crippen molar-refractivity contribution in [3.05, 3.63) is 35.1 Å². The molecule has 0 radical (unpaired) electrons. The molecule has 4 nitrogen and oxygen atoms in total. The predicted octanol–water partition coefficient (Wildman–Crippen LogP) is 1.94. The number of benzene rings is 1. The lowest BCUT2D eigenvalue weighted by Crippen LogP contribution is -2.24. The second kappa shape index (κ2) is 5.71. The van der Waals surface area contributed by atoms with E-state index in [0.29, 0.717) is 11.1 Å². The number of alkyl carbamates (subject to hydrolysis) is 1. The van der Waals surface area contributed by atoms with Crippen LogP contribution >= 0.6 is 0 Å². The van der Waals surface area contributed by atoms with Crippen molar-refractivity contribution in [2.45, 2.75) is 13.5 Å². The fourth-order valence-corrected chi connectivity index (χ4v) is 1.17. The van der Waals surface area contributed by atoms with E-state index in [9.17, 15) is 9.18 Å². The Balaban J connectivity index is 2.70. The Hall–Kier alpha value is -2.09. The molecule has 84 valence electrons. The van der Waals surface area contributed by atoms with Gasteiger partial charge in [0, 0.05) is 6.54 Å². The van der Waals surface area contributed by atoms with Crippen LogP contribution in [0.5, 0.6) is 0 Å². The van der Waals surface area contributed by atoms with Crippen LogP contribution in [0.4, 0.5) is 9.18 Å². The van der Waals surface area contributed by atoms with Crippen LogP contribution in [0.15, 0.2) is 18.2 Å². The second-order valence-corrected chi connectivity index (χ2v) is 2.99. The molecule has 0 heterocycles. The van der Waals surface area contributed by atoms with E-state index in [2.05, 4.69) is 10.1 Å². The van der Waals surface area contributed by atoms with Gasteiger partial charge in [0.15, 0.2) is 0 Å². The Morgan fingerprint density at radius 3 is 3.00 bits per heavy atom. The first kappa shape index (κ1) is 12.0. The topological polar surface area (TPSA) is 62.1 Å². The standard InChI is InChI=1S/C11H11FN2O2/c1-2-16-11(15)14-7-9-5-10(12)4-3-8(9)6-13/h3-5H,2,7H2,1H3,(H,14,15). The first-order valence-corrected chi connectivity index (χ1v) is 4.76. The van der Waals surface area contributed by atoms with Gasteiger partial charge in [0.25, 0.3) is 0 Å². The molecule has 0 fully saturated rings. The summed E-state index contributed by atoms with van der Waals surface area (Å²) in [4.78, 5) is 11.0. The third-order valence-corrected chi connectivity index (χ3v) is 1.89. The number of hydrogen-bond donors (Lipinski definition) is 1. The second-order valence-electron chi connectivity index (χ2n) is 2.99. The number of nitrogens with zero attached hydrogens (tertiary/aromatic N) is 1. The zero-order valence-corrected chi connectivity index (χ0v) is 8.79. The minimum atomic E-state index is -0.587. The maximum Gasteiger partial charge on any atom is 0.407 e. The van der Waals surface area contributed by atoms with Crippen LogP contribution in [-0.4, -0.2) is 12.7 Å². The van der Waals surface area contributed by atoms with E-state index in [4.69, 9.17) is 5.26 Å². The van der Waals surface area contributed by atoms with Gasteiger partial charge in [0.05, 0.1) is 18.2 Å². The highest BCUT2D eigenvalue weighted by molar-refractivity contribution is 5.67. The highest BCUT2D eigenvalue weighted by Gasteiger charge is 2.06. The van der Waals surface area contributed by atoms with Gasteiger partial charge in [-0.2, -0.15) is 5.26 Å². The van der Waals surface area contributed by atoms with Gasteiger partial charge in [-0.05, 0) is 30.7 Å². The van der Waals surface area contributed by atoms with Crippen LogP contribution in [0.25, 0.3) is 0 Å². The maximum atomic E-state index is 12.9. The first-order chi connectivity index (χ1) is 7.67. The molecule has 0 atom stereocenters. The number of halogens is 1. The molecule has 1 N–H and O–H groups in total. The summed E-state index contributed by atoms with van der Waals surface area (Å²) in [6.07, 6.45) is -0.587. The Labute approximate surface area is 92.6 Å². The van der Waals surface area contributed by atoms with Crippen LogP contribution in [-0.2, 0) is 11.3 Å². The van der Waals surface area contributed by atoms with E-state index in [1.807, 2.05) is 6.07 Å². The van der Waals surface area contributed by atoms with Crippen LogP contribution in [0, 0.1) is 17.1 Å². The number of rotatable bonds is 3. The van der Waals surface area contributed by atoms with Gasteiger partial charge in [-0.1, -0.05) is 0 Å². The third kappa shape index (κ3) is 3.24. The van der Waals surface area contributed by atoms with Gasteiger partial charge in [0.1, 0.15) is 5.82 Å². The van der Waals surface area contributed by atoms with Crippen molar-refractivity contribution >= 4 is 6.09 Å². The number of carbonyl (C=O) groups excluding carboxylic acids is 1. The summed E-state index contributed by atoms with van der Waals surface area (Å²) >= 11 is 0. The molecular weight excluding hydrogens is 211 g/mol. The third-order valence-electron chi connectivity index (χ3n) is 1.89. The number of nitriles is 1. The van der Waals surface area contributed by atoms with E-state index in [1.54, 1.807) is 6.92 Å². The number of amides is 1. The molecule has 0 aliphatic rings.